The first-order valence-corrected chi connectivity index (χ1v) is 8.72. The highest BCUT2D eigenvalue weighted by atomic mass is 32.2. The molecule has 1 fully saturated rings. The zero-order valence-electron chi connectivity index (χ0n) is 12.9. The number of aliphatic hydroxyl groups is 1. The van der Waals surface area contributed by atoms with Gasteiger partial charge in [-0.3, -0.25) is 9.59 Å². The lowest BCUT2D eigenvalue weighted by atomic mass is 10.1. The smallest absolute Gasteiger partial charge is 0.251 e. The molecule has 1 aromatic rings. The van der Waals surface area contributed by atoms with Crippen LogP contribution in [0.15, 0.2) is 24.3 Å². The molecule has 0 spiro atoms. The molecule has 2 amide bonds. The van der Waals surface area contributed by atoms with Crippen LogP contribution in [0, 0.1) is 11.3 Å². The third-order valence-electron chi connectivity index (χ3n) is 3.70. The predicted molar refractivity (Wildman–Crippen MR) is 89.1 cm³/mol. The van der Waals surface area contributed by atoms with Gasteiger partial charge in [-0.2, -0.15) is 17.0 Å². The minimum absolute atomic E-state index is 0.0497. The van der Waals surface area contributed by atoms with Crippen LogP contribution in [0.4, 0.5) is 5.69 Å². The molecule has 1 saturated heterocycles. The summed E-state index contributed by atoms with van der Waals surface area (Å²) in [7, 11) is 0. The van der Waals surface area contributed by atoms with Gasteiger partial charge < -0.3 is 14.9 Å². The third-order valence-corrected chi connectivity index (χ3v) is 4.34. The number of rotatable bonds is 5. The van der Waals surface area contributed by atoms with Crippen molar-refractivity contribution >= 4 is 29.3 Å². The minimum atomic E-state index is -1.05. The lowest BCUT2D eigenvalue weighted by Crippen LogP contribution is -2.54. The molecule has 1 aromatic carbocycles. The van der Waals surface area contributed by atoms with E-state index in [1.54, 1.807) is 40.9 Å². The number of nitriles is 1. The Balaban J connectivity index is 2.01. The van der Waals surface area contributed by atoms with E-state index in [-0.39, 0.29) is 12.5 Å². The van der Waals surface area contributed by atoms with Gasteiger partial charge in [-0.1, -0.05) is 6.07 Å². The number of hydrogen-bond acceptors (Lipinski definition) is 5. The highest BCUT2D eigenvalue weighted by molar-refractivity contribution is 7.98. The summed E-state index contributed by atoms with van der Waals surface area (Å²) in [5, 5.41) is 18.8. The summed E-state index contributed by atoms with van der Waals surface area (Å²) in [4.78, 5) is 27.4. The number of amides is 2. The first-order chi connectivity index (χ1) is 11.1. The monoisotopic (exact) mass is 333 g/mol. The largest absolute Gasteiger partial charge is 0.383 e. The van der Waals surface area contributed by atoms with E-state index in [1.165, 1.54) is 4.90 Å². The van der Waals surface area contributed by atoms with Crippen LogP contribution >= 0.6 is 11.8 Å². The number of thioether (sulfide) groups is 1. The highest BCUT2D eigenvalue weighted by Crippen LogP contribution is 2.19. The number of hydrogen-bond donors (Lipinski definition) is 1. The summed E-state index contributed by atoms with van der Waals surface area (Å²) < 4.78 is 0. The molecular weight excluding hydrogens is 314 g/mol. The quantitative estimate of drug-likeness (QED) is 0.863. The second-order valence-electron chi connectivity index (χ2n) is 5.26. The van der Waals surface area contributed by atoms with Crippen molar-refractivity contribution in [1.82, 2.24) is 4.90 Å². The fourth-order valence-electron chi connectivity index (χ4n) is 2.44. The molecule has 1 N–H and O–H groups in total. The molecule has 2 rings (SSSR count). The average Bonchev–Trinajstić information content (AvgIpc) is 2.58. The molecule has 1 aliphatic heterocycles. The molecule has 6 nitrogen and oxygen atoms in total. The van der Waals surface area contributed by atoms with Crippen LogP contribution in [0.1, 0.15) is 12.0 Å². The molecule has 0 aromatic heterocycles. The molecule has 23 heavy (non-hydrogen) atoms. The Morgan fingerprint density at radius 3 is 2.91 bits per heavy atom. The second-order valence-corrected chi connectivity index (χ2v) is 6.25. The molecular formula is C16H19N3O3S. The summed E-state index contributed by atoms with van der Waals surface area (Å²) >= 11 is 1.56. The Hall–Kier alpha value is -2.04. The van der Waals surface area contributed by atoms with Crippen LogP contribution in [0.25, 0.3) is 0 Å². The zero-order chi connectivity index (χ0) is 16.8. The van der Waals surface area contributed by atoms with Gasteiger partial charge >= 0.3 is 0 Å². The van der Waals surface area contributed by atoms with E-state index in [0.29, 0.717) is 36.5 Å². The summed E-state index contributed by atoms with van der Waals surface area (Å²) in [6.45, 7) is 0.679. The van der Waals surface area contributed by atoms with Crippen molar-refractivity contribution in [1.29, 1.82) is 5.26 Å². The van der Waals surface area contributed by atoms with Crippen molar-refractivity contribution in [2.45, 2.75) is 12.5 Å². The fraction of sp³-hybridized carbons (Fsp3) is 0.438. The Labute approximate surface area is 139 Å². The molecule has 1 aliphatic rings. The van der Waals surface area contributed by atoms with Crippen molar-refractivity contribution in [3.8, 4) is 6.07 Å². The first kappa shape index (κ1) is 17.3. The molecule has 1 heterocycles. The Kier molecular flexibility index (Phi) is 6.02. The number of nitrogens with zero attached hydrogens (tertiary/aromatic N) is 3. The van der Waals surface area contributed by atoms with Gasteiger partial charge in [0.05, 0.1) is 11.6 Å². The molecule has 1 atom stereocenters. The third kappa shape index (κ3) is 4.24. The Morgan fingerprint density at radius 1 is 1.48 bits per heavy atom. The summed E-state index contributed by atoms with van der Waals surface area (Å²) in [5.74, 6) is 0.0940. The van der Waals surface area contributed by atoms with E-state index < -0.39 is 12.0 Å². The van der Waals surface area contributed by atoms with E-state index in [2.05, 4.69) is 0 Å². The van der Waals surface area contributed by atoms with Crippen molar-refractivity contribution in [3.05, 3.63) is 29.8 Å². The fourth-order valence-corrected chi connectivity index (χ4v) is 2.90. The van der Waals surface area contributed by atoms with Crippen molar-refractivity contribution in [2.24, 2.45) is 0 Å². The summed E-state index contributed by atoms with van der Waals surface area (Å²) in [6.07, 6.45) is 1.25. The summed E-state index contributed by atoms with van der Waals surface area (Å²) in [6, 6.07) is 8.87. The number of benzene rings is 1. The number of aliphatic hydroxyl groups excluding tert-OH is 1. The maximum atomic E-state index is 12.3. The van der Waals surface area contributed by atoms with E-state index in [9.17, 15) is 14.7 Å². The SMILES string of the molecule is CSCCC(O)C(=O)N1CCN(c2cccc(C#N)c2)C(=O)C1. The van der Waals surface area contributed by atoms with Crippen LogP contribution in [0.2, 0.25) is 0 Å². The molecule has 7 heteroatoms. The van der Waals surface area contributed by atoms with Crippen LogP contribution in [0.3, 0.4) is 0 Å². The second kappa shape index (κ2) is 7.99. The number of carbonyl (C=O) groups is 2. The molecule has 0 saturated carbocycles. The van der Waals surface area contributed by atoms with E-state index in [1.807, 2.05) is 12.3 Å². The normalized spacial score (nSPS) is 16.1. The number of carbonyl (C=O) groups excluding carboxylic acids is 2. The van der Waals surface area contributed by atoms with Gasteiger partial charge in [0, 0.05) is 18.8 Å². The van der Waals surface area contributed by atoms with Crippen LogP contribution < -0.4 is 4.90 Å². The van der Waals surface area contributed by atoms with Gasteiger partial charge in [0.2, 0.25) is 5.91 Å². The van der Waals surface area contributed by atoms with Crippen LogP contribution in [-0.4, -0.2) is 59.6 Å². The van der Waals surface area contributed by atoms with E-state index >= 15 is 0 Å². The number of piperazine rings is 1. The van der Waals surface area contributed by atoms with Gasteiger partial charge in [-0.15, -0.1) is 0 Å². The lowest BCUT2D eigenvalue weighted by molar-refractivity contribution is -0.144. The molecule has 0 bridgehead atoms. The van der Waals surface area contributed by atoms with Gasteiger partial charge in [0.1, 0.15) is 12.6 Å². The maximum Gasteiger partial charge on any atom is 0.251 e. The van der Waals surface area contributed by atoms with Gasteiger partial charge in [-0.05, 0) is 36.6 Å². The van der Waals surface area contributed by atoms with Crippen molar-refractivity contribution < 1.29 is 14.7 Å². The zero-order valence-corrected chi connectivity index (χ0v) is 13.8. The highest BCUT2D eigenvalue weighted by Gasteiger charge is 2.30. The van der Waals surface area contributed by atoms with Crippen molar-refractivity contribution in [3.63, 3.8) is 0 Å². The average molecular weight is 333 g/mol. The maximum absolute atomic E-state index is 12.3. The van der Waals surface area contributed by atoms with Crippen LogP contribution in [0.5, 0.6) is 0 Å². The van der Waals surface area contributed by atoms with Crippen molar-refractivity contribution in [2.75, 3.05) is 36.5 Å². The molecule has 0 aliphatic carbocycles. The summed E-state index contributed by atoms with van der Waals surface area (Å²) in [5.41, 5.74) is 1.14. The predicted octanol–water partition coefficient (Wildman–Crippen LogP) is 0.847. The Bertz CT molecular complexity index is 629. The Morgan fingerprint density at radius 2 is 2.26 bits per heavy atom. The van der Waals surface area contributed by atoms with Gasteiger partial charge in [0.25, 0.3) is 5.91 Å². The van der Waals surface area contributed by atoms with E-state index in [0.717, 1.165) is 0 Å². The van der Waals surface area contributed by atoms with Gasteiger partial charge in [0.15, 0.2) is 0 Å². The molecule has 0 radical (unpaired) electrons. The van der Waals surface area contributed by atoms with Crippen LogP contribution in [-0.2, 0) is 9.59 Å². The van der Waals surface area contributed by atoms with E-state index in [4.69, 9.17) is 5.26 Å². The minimum Gasteiger partial charge on any atom is -0.383 e. The molecule has 122 valence electrons. The topological polar surface area (TPSA) is 84.6 Å². The molecule has 1 unspecified atom stereocenters. The first-order valence-electron chi connectivity index (χ1n) is 7.33. The lowest BCUT2D eigenvalue weighted by Gasteiger charge is -2.35. The van der Waals surface area contributed by atoms with Gasteiger partial charge in [-0.25, -0.2) is 0 Å². The standard InChI is InChI=1S/C16H19N3O3S/c1-23-8-5-14(20)16(22)18-6-7-19(15(21)11-18)13-4-2-3-12(9-13)10-17/h2-4,9,14,20H,5-8,11H2,1H3. The number of anilines is 1.